The Hall–Kier alpha value is -1.88. The third kappa shape index (κ3) is 2.21. The first-order chi connectivity index (χ1) is 9.17. The number of aryl methyl sites for hydroxylation is 1. The predicted molar refractivity (Wildman–Crippen MR) is 67.2 cm³/mol. The summed E-state index contributed by atoms with van der Waals surface area (Å²) >= 11 is 0. The molecule has 5 heteroatoms. The summed E-state index contributed by atoms with van der Waals surface area (Å²) in [5.41, 5.74) is 1.44. The molecule has 0 saturated heterocycles. The Morgan fingerprint density at radius 2 is 2.37 bits per heavy atom. The summed E-state index contributed by atoms with van der Waals surface area (Å²) in [6.45, 7) is 2.79. The van der Waals surface area contributed by atoms with Gasteiger partial charge in [0, 0.05) is 30.3 Å². The van der Waals surface area contributed by atoms with Crippen LogP contribution in [-0.2, 0) is 6.54 Å². The van der Waals surface area contributed by atoms with E-state index in [1.165, 1.54) is 12.1 Å². The molecule has 1 aromatic heterocycles. The summed E-state index contributed by atoms with van der Waals surface area (Å²) in [7, 11) is 0. The van der Waals surface area contributed by atoms with Crippen LogP contribution in [0.2, 0.25) is 0 Å². The Labute approximate surface area is 110 Å². The van der Waals surface area contributed by atoms with Crippen LogP contribution in [0.1, 0.15) is 36.7 Å². The molecule has 2 aromatic rings. The maximum atomic E-state index is 13.2. The number of aliphatic hydroxyl groups is 1. The molecule has 4 nitrogen and oxygen atoms in total. The first kappa shape index (κ1) is 12.2. The molecule has 0 saturated carbocycles. The second kappa shape index (κ2) is 4.66. The SMILES string of the molecule is CCn1cc(C2CC(O)c3cc(F)ccc3O2)cn1. The Bertz CT molecular complexity index is 597. The van der Waals surface area contributed by atoms with E-state index in [1.54, 1.807) is 12.3 Å². The van der Waals surface area contributed by atoms with E-state index in [-0.39, 0.29) is 11.9 Å². The zero-order valence-corrected chi connectivity index (χ0v) is 10.6. The van der Waals surface area contributed by atoms with Crippen LogP contribution in [0.5, 0.6) is 5.75 Å². The van der Waals surface area contributed by atoms with Crippen LogP contribution < -0.4 is 4.74 Å². The van der Waals surface area contributed by atoms with Gasteiger partial charge in [0.05, 0.1) is 12.3 Å². The van der Waals surface area contributed by atoms with Crippen molar-refractivity contribution >= 4 is 0 Å². The molecule has 100 valence electrons. The summed E-state index contributed by atoms with van der Waals surface area (Å²) in [5, 5.41) is 14.3. The van der Waals surface area contributed by atoms with Crippen molar-refractivity contribution in [1.82, 2.24) is 9.78 Å². The number of fused-ring (bicyclic) bond motifs is 1. The second-order valence-corrected chi connectivity index (χ2v) is 4.67. The van der Waals surface area contributed by atoms with Gasteiger partial charge in [0.25, 0.3) is 0 Å². The van der Waals surface area contributed by atoms with Gasteiger partial charge in [0.15, 0.2) is 0 Å². The fourth-order valence-corrected chi connectivity index (χ4v) is 2.34. The van der Waals surface area contributed by atoms with Crippen molar-refractivity contribution in [3.05, 3.63) is 47.5 Å². The smallest absolute Gasteiger partial charge is 0.130 e. The van der Waals surface area contributed by atoms with E-state index in [9.17, 15) is 9.50 Å². The quantitative estimate of drug-likeness (QED) is 0.905. The highest BCUT2D eigenvalue weighted by Crippen LogP contribution is 2.40. The normalized spacial score (nSPS) is 21.8. The minimum Gasteiger partial charge on any atom is -0.485 e. The zero-order valence-electron chi connectivity index (χ0n) is 10.6. The molecular weight excluding hydrogens is 247 g/mol. The van der Waals surface area contributed by atoms with Gasteiger partial charge < -0.3 is 9.84 Å². The first-order valence-electron chi connectivity index (χ1n) is 6.34. The number of halogens is 1. The fraction of sp³-hybridized carbons (Fsp3) is 0.357. The number of hydrogen-bond acceptors (Lipinski definition) is 3. The molecule has 0 bridgehead atoms. The average molecular weight is 262 g/mol. The molecule has 0 spiro atoms. The lowest BCUT2D eigenvalue weighted by atomic mass is 9.96. The second-order valence-electron chi connectivity index (χ2n) is 4.67. The van der Waals surface area contributed by atoms with Crippen molar-refractivity contribution in [2.75, 3.05) is 0 Å². The van der Waals surface area contributed by atoms with E-state index in [0.717, 1.165) is 12.1 Å². The third-order valence-corrected chi connectivity index (χ3v) is 3.39. The lowest BCUT2D eigenvalue weighted by Crippen LogP contribution is -2.18. The van der Waals surface area contributed by atoms with Crippen LogP contribution in [0.4, 0.5) is 4.39 Å². The van der Waals surface area contributed by atoms with Crippen molar-refractivity contribution in [3.8, 4) is 5.75 Å². The van der Waals surface area contributed by atoms with Crippen LogP contribution in [0.25, 0.3) is 0 Å². The lowest BCUT2D eigenvalue weighted by Gasteiger charge is -2.29. The molecule has 3 rings (SSSR count). The minimum absolute atomic E-state index is 0.242. The number of aromatic nitrogens is 2. The van der Waals surface area contributed by atoms with Gasteiger partial charge in [-0.3, -0.25) is 4.68 Å². The molecule has 2 atom stereocenters. The number of nitrogens with zero attached hydrogens (tertiary/aromatic N) is 2. The molecule has 1 aromatic carbocycles. The molecule has 19 heavy (non-hydrogen) atoms. The Balaban J connectivity index is 1.90. The van der Waals surface area contributed by atoms with Crippen molar-refractivity contribution in [1.29, 1.82) is 0 Å². The van der Waals surface area contributed by atoms with Crippen LogP contribution in [-0.4, -0.2) is 14.9 Å². The van der Waals surface area contributed by atoms with Crippen LogP contribution in [0.3, 0.4) is 0 Å². The van der Waals surface area contributed by atoms with E-state index in [2.05, 4.69) is 5.10 Å². The average Bonchev–Trinajstić information content (AvgIpc) is 2.88. The molecule has 0 aliphatic carbocycles. The molecule has 0 amide bonds. The van der Waals surface area contributed by atoms with Crippen molar-refractivity contribution in [2.24, 2.45) is 0 Å². The summed E-state index contributed by atoms with van der Waals surface area (Å²) in [6, 6.07) is 4.22. The maximum absolute atomic E-state index is 13.2. The molecule has 0 fully saturated rings. The largest absolute Gasteiger partial charge is 0.485 e. The maximum Gasteiger partial charge on any atom is 0.130 e. The van der Waals surface area contributed by atoms with Crippen LogP contribution in [0, 0.1) is 5.82 Å². The minimum atomic E-state index is -0.713. The molecule has 2 unspecified atom stereocenters. The van der Waals surface area contributed by atoms with E-state index >= 15 is 0 Å². The van der Waals surface area contributed by atoms with E-state index < -0.39 is 6.10 Å². The highest BCUT2D eigenvalue weighted by atomic mass is 19.1. The van der Waals surface area contributed by atoms with Crippen molar-refractivity contribution < 1.29 is 14.2 Å². The van der Waals surface area contributed by atoms with E-state index in [1.807, 2.05) is 17.8 Å². The Morgan fingerprint density at radius 3 is 3.11 bits per heavy atom. The number of hydrogen-bond donors (Lipinski definition) is 1. The van der Waals surface area contributed by atoms with Gasteiger partial charge in [-0.25, -0.2) is 4.39 Å². The molecule has 1 aliphatic rings. The summed E-state index contributed by atoms with van der Waals surface area (Å²) in [4.78, 5) is 0. The van der Waals surface area contributed by atoms with Gasteiger partial charge in [-0.2, -0.15) is 5.10 Å². The topological polar surface area (TPSA) is 47.3 Å². The van der Waals surface area contributed by atoms with Gasteiger partial charge in [-0.15, -0.1) is 0 Å². The molecule has 0 radical (unpaired) electrons. The molecule has 2 heterocycles. The highest BCUT2D eigenvalue weighted by Gasteiger charge is 2.29. The third-order valence-electron chi connectivity index (χ3n) is 3.39. The monoisotopic (exact) mass is 262 g/mol. The van der Waals surface area contributed by atoms with Gasteiger partial charge in [-0.1, -0.05) is 0 Å². The van der Waals surface area contributed by atoms with Crippen LogP contribution in [0.15, 0.2) is 30.6 Å². The summed E-state index contributed by atoms with van der Waals surface area (Å²) < 4.78 is 20.8. The number of rotatable bonds is 2. The Morgan fingerprint density at radius 1 is 1.53 bits per heavy atom. The van der Waals surface area contributed by atoms with Crippen molar-refractivity contribution in [3.63, 3.8) is 0 Å². The van der Waals surface area contributed by atoms with Crippen LogP contribution >= 0.6 is 0 Å². The van der Waals surface area contributed by atoms with Crippen molar-refractivity contribution in [2.45, 2.75) is 32.1 Å². The first-order valence-corrected chi connectivity index (χ1v) is 6.34. The fourth-order valence-electron chi connectivity index (χ4n) is 2.34. The number of benzene rings is 1. The molecule has 1 N–H and O–H groups in total. The lowest BCUT2D eigenvalue weighted by molar-refractivity contribution is 0.0653. The predicted octanol–water partition coefficient (Wildman–Crippen LogP) is 2.60. The zero-order chi connectivity index (χ0) is 13.4. The van der Waals surface area contributed by atoms with Gasteiger partial charge in [-0.05, 0) is 25.1 Å². The Kier molecular flexibility index (Phi) is 2.98. The number of aliphatic hydroxyl groups excluding tert-OH is 1. The van der Waals surface area contributed by atoms with E-state index in [0.29, 0.717) is 17.7 Å². The highest BCUT2D eigenvalue weighted by molar-refractivity contribution is 5.38. The van der Waals surface area contributed by atoms with Gasteiger partial charge in [0.2, 0.25) is 0 Å². The summed E-state index contributed by atoms with van der Waals surface area (Å²) in [5.74, 6) is 0.174. The van der Waals surface area contributed by atoms with Gasteiger partial charge in [0.1, 0.15) is 17.7 Å². The van der Waals surface area contributed by atoms with Gasteiger partial charge >= 0.3 is 0 Å². The number of ether oxygens (including phenoxy) is 1. The molecule has 1 aliphatic heterocycles. The summed E-state index contributed by atoms with van der Waals surface area (Å²) in [6.07, 6.45) is 3.11. The standard InChI is InChI=1S/C14H15FN2O2/c1-2-17-8-9(7-16-17)14-6-12(18)11-5-10(15)3-4-13(11)19-14/h3-5,7-8,12,14,18H,2,6H2,1H3. The molecular formula is C14H15FN2O2. The van der Waals surface area contributed by atoms with E-state index in [4.69, 9.17) is 4.74 Å².